The van der Waals surface area contributed by atoms with E-state index in [2.05, 4.69) is 36.4 Å². The van der Waals surface area contributed by atoms with Crippen molar-refractivity contribution in [2.75, 3.05) is 33.4 Å². The summed E-state index contributed by atoms with van der Waals surface area (Å²) in [5.74, 6) is 1.73. The van der Waals surface area contributed by atoms with Crippen LogP contribution in [-0.4, -0.2) is 39.3 Å². The second kappa shape index (κ2) is 10.9. The third kappa shape index (κ3) is 7.48. The maximum absolute atomic E-state index is 5.58. The lowest BCUT2D eigenvalue weighted by atomic mass is 9.83. The molecular formula is C18H37N3O. The van der Waals surface area contributed by atoms with E-state index in [0.29, 0.717) is 5.41 Å². The van der Waals surface area contributed by atoms with Gasteiger partial charge in [0, 0.05) is 33.4 Å². The standard InChI is InChI=1S/C18H37N3O/c1-5-22-14-12-18(10-6-7-11-18)15-21-17(19-4)20-13-8-9-16(2)3/h16H,5-15H2,1-4H3,(H2,19,20,21). The first-order valence-corrected chi connectivity index (χ1v) is 9.14. The Morgan fingerprint density at radius 3 is 2.55 bits per heavy atom. The maximum atomic E-state index is 5.58. The molecule has 1 fully saturated rings. The topological polar surface area (TPSA) is 45.6 Å². The number of guanidine groups is 1. The van der Waals surface area contributed by atoms with Crippen molar-refractivity contribution in [3.05, 3.63) is 0 Å². The van der Waals surface area contributed by atoms with Crippen molar-refractivity contribution in [2.45, 2.75) is 65.7 Å². The van der Waals surface area contributed by atoms with Crippen LogP contribution in [0.5, 0.6) is 0 Å². The normalized spacial score (nSPS) is 18.0. The number of rotatable bonds is 10. The van der Waals surface area contributed by atoms with E-state index in [1.54, 1.807) is 0 Å². The van der Waals surface area contributed by atoms with Crippen LogP contribution in [0.25, 0.3) is 0 Å². The van der Waals surface area contributed by atoms with E-state index in [4.69, 9.17) is 4.74 Å². The van der Waals surface area contributed by atoms with Crippen LogP contribution in [0, 0.1) is 11.3 Å². The van der Waals surface area contributed by atoms with Gasteiger partial charge in [0.15, 0.2) is 5.96 Å². The Labute approximate surface area is 137 Å². The summed E-state index contributed by atoms with van der Waals surface area (Å²) in [4.78, 5) is 4.36. The lowest BCUT2D eigenvalue weighted by Crippen LogP contribution is -2.43. The van der Waals surface area contributed by atoms with Crippen LogP contribution in [0.4, 0.5) is 0 Å². The summed E-state index contributed by atoms with van der Waals surface area (Å²) in [6, 6.07) is 0. The SMILES string of the molecule is CCOCCC1(CNC(=NC)NCCCC(C)C)CCCC1. The molecule has 0 aromatic carbocycles. The molecule has 0 atom stereocenters. The summed E-state index contributed by atoms with van der Waals surface area (Å²) in [7, 11) is 1.86. The van der Waals surface area contributed by atoms with E-state index in [9.17, 15) is 0 Å². The van der Waals surface area contributed by atoms with Gasteiger partial charge in [-0.25, -0.2) is 0 Å². The van der Waals surface area contributed by atoms with Crippen molar-refractivity contribution in [2.24, 2.45) is 16.3 Å². The predicted octanol–water partition coefficient (Wildman–Crippen LogP) is 3.57. The minimum Gasteiger partial charge on any atom is -0.382 e. The van der Waals surface area contributed by atoms with Crippen molar-refractivity contribution < 1.29 is 4.74 Å². The van der Waals surface area contributed by atoms with Gasteiger partial charge in [-0.05, 0) is 50.4 Å². The number of hydrogen-bond acceptors (Lipinski definition) is 2. The molecule has 130 valence electrons. The predicted molar refractivity (Wildman–Crippen MR) is 95.4 cm³/mol. The largest absolute Gasteiger partial charge is 0.382 e. The molecule has 0 aromatic rings. The molecule has 4 heteroatoms. The van der Waals surface area contributed by atoms with Crippen LogP contribution in [0.1, 0.15) is 65.7 Å². The molecule has 1 rings (SSSR count). The molecule has 0 amide bonds. The van der Waals surface area contributed by atoms with Crippen LogP contribution in [0.2, 0.25) is 0 Å². The lowest BCUT2D eigenvalue weighted by molar-refractivity contribution is 0.105. The molecule has 4 nitrogen and oxygen atoms in total. The maximum Gasteiger partial charge on any atom is 0.190 e. The Morgan fingerprint density at radius 2 is 1.95 bits per heavy atom. The average molecular weight is 312 g/mol. The van der Waals surface area contributed by atoms with Crippen LogP contribution >= 0.6 is 0 Å². The van der Waals surface area contributed by atoms with Crippen LogP contribution in [0.3, 0.4) is 0 Å². The molecule has 0 unspecified atom stereocenters. The third-order valence-electron chi connectivity index (χ3n) is 4.75. The average Bonchev–Trinajstić information content (AvgIpc) is 2.96. The van der Waals surface area contributed by atoms with E-state index < -0.39 is 0 Å². The fraction of sp³-hybridized carbons (Fsp3) is 0.944. The zero-order valence-corrected chi connectivity index (χ0v) is 15.2. The summed E-state index contributed by atoms with van der Waals surface area (Å²) in [6.07, 6.45) is 8.98. The summed E-state index contributed by atoms with van der Waals surface area (Å²) in [6.45, 7) is 10.3. The number of hydrogen-bond donors (Lipinski definition) is 2. The smallest absolute Gasteiger partial charge is 0.190 e. The van der Waals surface area contributed by atoms with Gasteiger partial charge in [-0.15, -0.1) is 0 Å². The molecule has 22 heavy (non-hydrogen) atoms. The Kier molecular flexibility index (Phi) is 9.53. The minimum atomic E-state index is 0.407. The van der Waals surface area contributed by atoms with Crippen LogP contribution < -0.4 is 10.6 Å². The van der Waals surface area contributed by atoms with Gasteiger partial charge in [-0.2, -0.15) is 0 Å². The van der Waals surface area contributed by atoms with E-state index >= 15 is 0 Å². The molecular weight excluding hydrogens is 274 g/mol. The number of aliphatic imine (C=N–C) groups is 1. The number of nitrogens with one attached hydrogen (secondary N) is 2. The van der Waals surface area contributed by atoms with Crippen molar-refractivity contribution in [3.63, 3.8) is 0 Å². The molecule has 0 radical (unpaired) electrons. The Hall–Kier alpha value is -0.770. The Bertz CT molecular complexity index is 309. The van der Waals surface area contributed by atoms with E-state index in [1.165, 1.54) is 38.5 Å². The zero-order valence-electron chi connectivity index (χ0n) is 15.2. The van der Waals surface area contributed by atoms with Crippen molar-refractivity contribution in [1.29, 1.82) is 0 Å². The monoisotopic (exact) mass is 311 g/mol. The summed E-state index contributed by atoms with van der Waals surface area (Å²) in [5.41, 5.74) is 0.407. The summed E-state index contributed by atoms with van der Waals surface area (Å²) < 4.78 is 5.58. The molecule has 0 aliphatic heterocycles. The molecule has 1 aliphatic rings. The first kappa shape index (κ1) is 19.3. The van der Waals surface area contributed by atoms with Crippen LogP contribution in [-0.2, 0) is 4.74 Å². The van der Waals surface area contributed by atoms with Crippen molar-refractivity contribution >= 4 is 5.96 Å². The molecule has 0 spiro atoms. The fourth-order valence-corrected chi connectivity index (χ4v) is 3.28. The molecule has 1 saturated carbocycles. The highest BCUT2D eigenvalue weighted by molar-refractivity contribution is 5.79. The highest BCUT2D eigenvalue weighted by Crippen LogP contribution is 2.40. The van der Waals surface area contributed by atoms with E-state index in [0.717, 1.165) is 44.6 Å². The van der Waals surface area contributed by atoms with Gasteiger partial charge in [0.05, 0.1) is 0 Å². The number of ether oxygens (including phenoxy) is 1. The first-order valence-electron chi connectivity index (χ1n) is 9.14. The zero-order chi connectivity index (χ0) is 16.3. The minimum absolute atomic E-state index is 0.407. The molecule has 0 heterocycles. The lowest BCUT2D eigenvalue weighted by Gasteiger charge is -2.30. The molecule has 2 N–H and O–H groups in total. The van der Waals surface area contributed by atoms with Gasteiger partial charge in [0.1, 0.15) is 0 Å². The van der Waals surface area contributed by atoms with Gasteiger partial charge >= 0.3 is 0 Å². The molecule has 1 aliphatic carbocycles. The van der Waals surface area contributed by atoms with Crippen molar-refractivity contribution in [3.8, 4) is 0 Å². The number of nitrogens with zero attached hydrogens (tertiary/aromatic N) is 1. The fourth-order valence-electron chi connectivity index (χ4n) is 3.28. The Balaban J connectivity index is 2.32. The van der Waals surface area contributed by atoms with Gasteiger partial charge in [0.2, 0.25) is 0 Å². The quantitative estimate of drug-likeness (QED) is 0.368. The summed E-state index contributed by atoms with van der Waals surface area (Å²) in [5, 5.41) is 6.99. The molecule has 0 bridgehead atoms. The van der Waals surface area contributed by atoms with Gasteiger partial charge in [-0.3, -0.25) is 4.99 Å². The van der Waals surface area contributed by atoms with Crippen LogP contribution in [0.15, 0.2) is 4.99 Å². The van der Waals surface area contributed by atoms with Gasteiger partial charge < -0.3 is 15.4 Å². The second-order valence-corrected chi connectivity index (χ2v) is 7.04. The molecule has 0 saturated heterocycles. The first-order chi connectivity index (χ1) is 10.6. The second-order valence-electron chi connectivity index (χ2n) is 7.04. The highest BCUT2D eigenvalue weighted by Gasteiger charge is 2.33. The third-order valence-corrected chi connectivity index (χ3v) is 4.75. The summed E-state index contributed by atoms with van der Waals surface area (Å²) >= 11 is 0. The highest BCUT2D eigenvalue weighted by atomic mass is 16.5. The van der Waals surface area contributed by atoms with E-state index in [1.807, 2.05) is 7.05 Å². The van der Waals surface area contributed by atoms with Gasteiger partial charge in [-0.1, -0.05) is 26.7 Å². The van der Waals surface area contributed by atoms with Crippen molar-refractivity contribution in [1.82, 2.24) is 10.6 Å². The Morgan fingerprint density at radius 1 is 1.23 bits per heavy atom. The van der Waals surface area contributed by atoms with Gasteiger partial charge in [0.25, 0.3) is 0 Å². The van der Waals surface area contributed by atoms with E-state index in [-0.39, 0.29) is 0 Å². The molecule has 0 aromatic heterocycles.